The van der Waals surface area contributed by atoms with Crippen LogP contribution in [-0.4, -0.2) is 41.1 Å². The van der Waals surface area contributed by atoms with Gasteiger partial charge in [-0.15, -0.1) is 0 Å². The van der Waals surface area contributed by atoms with Gasteiger partial charge in [-0.3, -0.25) is 10.1 Å². The van der Waals surface area contributed by atoms with E-state index in [1.165, 1.54) is 12.4 Å². The van der Waals surface area contributed by atoms with Crippen molar-refractivity contribution >= 4 is 11.6 Å². The molecule has 1 aromatic heterocycles. The first-order valence-corrected chi connectivity index (χ1v) is 4.69. The minimum Gasteiger partial charge on any atom is -0.338 e. The highest BCUT2D eigenvalue weighted by Gasteiger charge is 2.14. The zero-order valence-electron chi connectivity index (χ0n) is 8.09. The monoisotopic (exact) mass is 209 g/mol. The second kappa shape index (κ2) is 4.18. The van der Waals surface area contributed by atoms with Gasteiger partial charge in [-0.1, -0.05) is 0 Å². The average molecular weight is 209 g/mol. The topological polar surface area (TPSA) is 84.2 Å². The van der Waals surface area contributed by atoms with Crippen molar-refractivity contribution in [3.8, 4) is 0 Å². The highest BCUT2D eigenvalue weighted by Crippen LogP contribution is 2.11. The number of hydrogen-bond donors (Lipinski definition) is 1. The van der Waals surface area contributed by atoms with Crippen molar-refractivity contribution in [2.75, 3.05) is 31.1 Å². The third kappa shape index (κ3) is 2.18. The van der Waals surface area contributed by atoms with Gasteiger partial charge in [-0.25, -0.2) is 9.97 Å². The first-order chi connectivity index (χ1) is 7.27. The van der Waals surface area contributed by atoms with E-state index in [9.17, 15) is 10.1 Å². The number of aromatic nitrogens is 2. The van der Waals surface area contributed by atoms with Crippen LogP contribution in [0.3, 0.4) is 0 Å². The summed E-state index contributed by atoms with van der Waals surface area (Å²) >= 11 is 0. The number of piperazine rings is 1. The summed E-state index contributed by atoms with van der Waals surface area (Å²) in [6.07, 6.45) is 2.48. The molecule has 1 N–H and O–H groups in total. The second-order valence-corrected chi connectivity index (χ2v) is 3.24. The summed E-state index contributed by atoms with van der Waals surface area (Å²) < 4.78 is 0. The van der Waals surface area contributed by atoms with Crippen LogP contribution in [0, 0.1) is 10.1 Å². The molecule has 1 aromatic rings. The molecule has 1 aliphatic heterocycles. The van der Waals surface area contributed by atoms with Gasteiger partial charge in [0.1, 0.15) is 12.4 Å². The predicted molar refractivity (Wildman–Crippen MR) is 53.8 cm³/mol. The summed E-state index contributed by atoms with van der Waals surface area (Å²) in [5.74, 6) is 0.558. The van der Waals surface area contributed by atoms with Gasteiger partial charge in [0.25, 0.3) is 0 Å². The van der Waals surface area contributed by atoms with Crippen molar-refractivity contribution in [2.45, 2.75) is 0 Å². The van der Waals surface area contributed by atoms with Crippen molar-refractivity contribution in [3.05, 3.63) is 22.5 Å². The number of nitrogens with zero attached hydrogens (tertiary/aromatic N) is 4. The van der Waals surface area contributed by atoms with Crippen LogP contribution in [0.2, 0.25) is 0 Å². The zero-order valence-corrected chi connectivity index (χ0v) is 8.09. The summed E-state index contributed by atoms with van der Waals surface area (Å²) in [6.45, 7) is 3.44. The van der Waals surface area contributed by atoms with Gasteiger partial charge >= 0.3 is 5.69 Å². The molecule has 0 saturated carbocycles. The summed E-state index contributed by atoms with van der Waals surface area (Å²) in [6, 6.07) is 0. The number of rotatable bonds is 2. The Bertz CT molecular complexity index is 347. The third-order valence-corrected chi connectivity index (χ3v) is 2.24. The predicted octanol–water partition coefficient (Wildman–Crippen LogP) is -0.206. The molecule has 1 aliphatic rings. The molecule has 0 aromatic carbocycles. The number of anilines is 1. The Morgan fingerprint density at radius 1 is 1.33 bits per heavy atom. The van der Waals surface area contributed by atoms with E-state index in [2.05, 4.69) is 15.3 Å². The lowest BCUT2D eigenvalue weighted by Crippen LogP contribution is -2.44. The normalized spacial score (nSPS) is 16.4. The van der Waals surface area contributed by atoms with Crippen LogP contribution in [0.25, 0.3) is 0 Å². The molecule has 0 unspecified atom stereocenters. The first-order valence-electron chi connectivity index (χ1n) is 4.69. The van der Waals surface area contributed by atoms with Crippen molar-refractivity contribution in [3.63, 3.8) is 0 Å². The van der Waals surface area contributed by atoms with Gasteiger partial charge in [0.05, 0.1) is 4.92 Å². The number of hydrogen-bond acceptors (Lipinski definition) is 6. The molecule has 0 aliphatic carbocycles. The highest BCUT2D eigenvalue weighted by molar-refractivity contribution is 5.34. The zero-order chi connectivity index (χ0) is 10.7. The fraction of sp³-hybridized carbons (Fsp3) is 0.500. The molecule has 1 fully saturated rings. The van der Waals surface area contributed by atoms with Crippen molar-refractivity contribution in [1.82, 2.24) is 15.3 Å². The first kappa shape index (κ1) is 9.78. The van der Waals surface area contributed by atoms with Crippen molar-refractivity contribution < 1.29 is 4.92 Å². The minimum atomic E-state index is -0.498. The quantitative estimate of drug-likeness (QED) is 0.536. The lowest BCUT2D eigenvalue weighted by molar-refractivity contribution is -0.385. The molecular weight excluding hydrogens is 198 g/mol. The van der Waals surface area contributed by atoms with E-state index < -0.39 is 4.92 Å². The maximum atomic E-state index is 10.4. The van der Waals surface area contributed by atoms with Crippen LogP contribution in [0.1, 0.15) is 0 Å². The summed E-state index contributed by atoms with van der Waals surface area (Å²) in [5, 5.41) is 13.6. The fourth-order valence-corrected chi connectivity index (χ4v) is 1.44. The van der Waals surface area contributed by atoms with Crippen LogP contribution < -0.4 is 10.2 Å². The van der Waals surface area contributed by atoms with Crippen LogP contribution in [0.4, 0.5) is 11.6 Å². The van der Waals surface area contributed by atoms with Gasteiger partial charge < -0.3 is 10.2 Å². The summed E-state index contributed by atoms with van der Waals surface area (Å²) in [4.78, 5) is 19.8. The minimum absolute atomic E-state index is 0.0751. The Hall–Kier alpha value is -1.76. The lowest BCUT2D eigenvalue weighted by atomic mass is 10.4. The molecule has 0 atom stereocenters. The molecule has 2 heterocycles. The van der Waals surface area contributed by atoms with Crippen LogP contribution in [-0.2, 0) is 0 Å². The van der Waals surface area contributed by atoms with E-state index in [1.807, 2.05) is 4.90 Å². The average Bonchev–Trinajstić information content (AvgIpc) is 2.30. The molecule has 1 saturated heterocycles. The molecule has 0 amide bonds. The van der Waals surface area contributed by atoms with Gasteiger partial charge in [0, 0.05) is 26.2 Å². The molecule has 80 valence electrons. The molecule has 0 bridgehead atoms. The Balaban J connectivity index is 2.11. The third-order valence-electron chi connectivity index (χ3n) is 2.24. The van der Waals surface area contributed by atoms with Gasteiger partial charge in [-0.05, 0) is 0 Å². The second-order valence-electron chi connectivity index (χ2n) is 3.24. The SMILES string of the molecule is O=[N+]([O-])c1cnc(N2CCNCC2)nc1. The van der Waals surface area contributed by atoms with Crippen LogP contribution >= 0.6 is 0 Å². The maximum absolute atomic E-state index is 10.4. The molecule has 7 nitrogen and oxygen atoms in total. The number of nitrogens with one attached hydrogen (secondary N) is 1. The Morgan fingerprint density at radius 3 is 2.47 bits per heavy atom. The molecule has 0 spiro atoms. The van der Waals surface area contributed by atoms with E-state index in [4.69, 9.17) is 0 Å². The fourth-order valence-electron chi connectivity index (χ4n) is 1.44. The maximum Gasteiger partial charge on any atom is 0.305 e. The lowest BCUT2D eigenvalue weighted by Gasteiger charge is -2.26. The smallest absolute Gasteiger partial charge is 0.305 e. The Morgan fingerprint density at radius 2 is 1.93 bits per heavy atom. The molecule has 2 rings (SSSR count). The van der Waals surface area contributed by atoms with E-state index >= 15 is 0 Å². The van der Waals surface area contributed by atoms with Crippen molar-refractivity contribution in [1.29, 1.82) is 0 Å². The van der Waals surface area contributed by atoms with E-state index in [-0.39, 0.29) is 5.69 Å². The summed E-state index contributed by atoms with van der Waals surface area (Å²) in [7, 11) is 0. The molecule has 0 radical (unpaired) electrons. The Labute approximate surface area is 86.3 Å². The largest absolute Gasteiger partial charge is 0.338 e. The van der Waals surface area contributed by atoms with E-state index in [1.54, 1.807) is 0 Å². The van der Waals surface area contributed by atoms with E-state index in [0.717, 1.165) is 26.2 Å². The molecule has 15 heavy (non-hydrogen) atoms. The standard InChI is InChI=1S/C8H11N5O2/c14-13(15)7-5-10-8(11-6-7)12-3-1-9-2-4-12/h5-6,9H,1-4H2. The van der Waals surface area contributed by atoms with Gasteiger partial charge in [0.15, 0.2) is 0 Å². The highest BCUT2D eigenvalue weighted by atomic mass is 16.6. The summed E-state index contributed by atoms with van der Waals surface area (Å²) in [5.41, 5.74) is -0.0751. The van der Waals surface area contributed by atoms with Gasteiger partial charge in [0.2, 0.25) is 5.95 Å². The van der Waals surface area contributed by atoms with Crippen molar-refractivity contribution in [2.24, 2.45) is 0 Å². The molecule has 7 heteroatoms. The van der Waals surface area contributed by atoms with Gasteiger partial charge in [-0.2, -0.15) is 0 Å². The number of nitro groups is 1. The molecular formula is C8H11N5O2. The van der Waals surface area contributed by atoms with Crippen LogP contribution in [0.15, 0.2) is 12.4 Å². The van der Waals surface area contributed by atoms with Crippen LogP contribution in [0.5, 0.6) is 0 Å². The Kier molecular flexibility index (Phi) is 2.72. The van der Waals surface area contributed by atoms with E-state index in [0.29, 0.717) is 5.95 Å².